The molecule has 1 aliphatic heterocycles. The Labute approximate surface area is 194 Å². The fourth-order valence-electron chi connectivity index (χ4n) is 3.81. The zero-order chi connectivity index (χ0) is 23.8. The number of ether oxygens (including phenoxy) is 2. The molecule has 1 atom stereocenters. The van der Waals surface area contributed by atoms with Gasteiger partial charge < -0.3 is 25.0 Å². The lowest BCUT2D eigenvalue weighted by Crippen LogP contribution is -2.34. The second kappa shape index (κ2) is 11.4. The summed E-state index contributed by atoms with van der Waals surface area (Å²) in [5.41, 5.74) is 2.31. The van der Waals surface area contributed by atoms with Gasteiger partial charge in [0.05, 0.1) is 19.1 Å². The minimum Gasteiger partial charge on any atom is -0.490 e. The molecule has 8 heteroatoms. The highest BCUT2D eigenvalue weighted by molar-refractivity contribution is 6.01. The van der Waals surface area contributed by atoms with Crippen LogP contribution in [0, 0.1) is 5.92 Å². The van der Waals surface area contributed by atoms with Gasteiger partial charge >= 0.3 is 0 Å². The van der Waals surface area contributed by atoms with Crippen molar-refractivity contribution < 1.29 is 23.9 Å². The molecule has 1 aliphatic rings. The van der Waals surface area contributed by atoms with Gasteiger partial charge in [-0.2, -0.15) is 0 Å². The second-order valence-electron chi connectivity index (χ2n) is 7.83. The molecular formula is C25H31N3O5. The first-order chi connectivity index (χ1) is 15.9. The molecule has 8 nitrogen and oxygen atoms in total. The fourth-order valence-corrected chi connectivity index (χ4v) is 3.81. The molecule has 1 saturated heterocycles. The van der Waals surface area contributed by atoms with Crippen molar-refractivity contribution in [3.8, 4) is 11.5 Å². The van der Waals surface area contributed by atoms with Crippen molar-refractivity contribution >= 4 is 29.1 Å². The summed E-state index contributed by atoms with van der Waals surface area (Å²) in [6, 6.07) is 12.8. The molecule has 0 aromatic heterocycles. The Morgan fingerprint density at radius 2 is 1.82 bits per heavy atom. The summed E-state index contributed by atoms with van der Waals surface area (Å²) in [5, 5.41) is 5.66. The lowest BCUT2D eigenvalue weighted by Gasteiger charge is -2.18. The normalized spacial score (nSPS) is 15.3. The molecule has 0 bridgehead atoms. The van der Waals surface area contributed by atoms with Crippen LogP contribution in [0.3, 0.4) is 0 Å². The van der Waals surface area contributed by atoms with Gasteiger partial charge in [-0.15, -0.1) is 0 Å². The van der Waals surface area contributed by atoms with Crippen LogP contribution < -0.4 is 25.0 Å². The molecule has 0 spiro atoms. The molecule has 0 unspecified atom stereocenters. The highest BCUT2D eigenvalue weighted by Crippen LogP contribution is 2.29. The Bertz CT molecular complexity index is 1010. The monoisotopic (exact) mass is 453 g/mol. The van der Waals surface area contributed by atoms with Crippen molar-refractivity contribution in [1.82, 2.24) is 5.32 Å². The van der Waals surface area contributed by atoms with Gasteiger partial charge in [-0.3, -0.25) is 14.4 Å². The Balaban J connectivity index is 1.55. The first kappa shape index (κ1) is 24.1. The van der Waals surface area contributed by atoms with E-state index >= 15 is 0 Å². The summed E-state index contributed by atoms with van der Waals surface area (Å²) >= 11 is 0. The first-order valence-corrected chi connectivity index (χ1v) is 11.3. The number of hydrogen-bond acceptors (Lipinski definition) is 5. The van der Waals surface area contributed by atoms with Crippen LogP contribution in [0.5, 0.6) is 11.5 Å². The number of anilines is 2. The topological polar surface area (TPSA) is 97.0 Å². The molecule has 0 aliphatic carbocycles. The maximum absolute atomic E-state index is 12.7. The molecular weight excluding hydrogens is 422 g/mol. The lowest BCUT2D eigenvalue weighted by molar-refractivity contribution is -0.126. The Hall–Kier alpha value is -3.55. The highest BCUT2D eigenvalue weighted by atomic mass is 16.5. The second-order valence-corrected chi connectivity index (χ2v) is 7.83. The molecule has 2 N–H and O–H groups in total. The standard InChI is InChI=1S/C25H31N3O5/c1-4-32-22-10-9-18(13-23(22)33-5-2)11-12-26-25(31)19-14-24(30)28(16-19)21-8-6-7-20(15-21)27-17(3)29/h6-10,13,15,19H,4-5,11-12,14,16H2,1-3H3,(H,26,31)(H,27,29)/t19-/m0/s1. The van der Waals surface area contributed by atoms with E-state index in [1.54, 1.807) is 29.2 Å². The maximum atomic E-state index is 12.7. The Morgan fingerprint density at radius 1 is 1.06 bits per heavy atom. The largest absolute Gasteiger partial charge is 0.490 e. The third-order valence-electron chi connectivity index (χ3n) is 5.29. The predicted octanol–water partition coefficient (Wildman–Crippen LogP) is 3.15. The lowest BCUT2D eigenvalue weighted by atomic mass is 10.1. The van der Waals surface area contributed by atoms with Crippen molar-refractivity contribution in [3.05, 3.63) is 48.0 Å². The van der Waals surface area contributed by atoms with E-state index in [4.69, 9.17) is 9.47 Å². The minimum absolute atomic E-state index is 0.108. The van der Waals surface area contributed by atoms with Crippen molar-refractivity contribution in [2.24, 2.45) is 5.92 Å². The molecule has 0 radical (unpaired) electrons. The summed E-state index contributed by atoms with van der Waals surface area (Å²) in [7, 11) is 0. The van der Waals surface area contributed by atoms with E-state index in [2.05, 4.69) is 10.6 Å². The Kier molecular flexibility index (Phi) is 8.29. The molecule has 3 rings (SSSR count). The number of nitrogens with zero attached hydrogens (tertiary/aromatic N) is 1. The summed E-state index contributed by atoms with van der Waals surface area (Å²) in [6.45, 7) is 7.15. The molecule has 1 heterocycles. The quantitative estimate of drug-likeness (QED) is 0.576. The van der Waals surface area contributed by atoms with Gasteiger partial charge in [0.25, 0.3) is 0 Å². The van der Waals surface area contributed by atoms with Gasteiger partial charge in [-0.05, 0) is 56.2 Å². The Morgan fingerprint density at radius 3 is 2.55 bits per heavy atom. The van der Waals surface area contributed by atoms with Gasteiger partial charge in [0.2, 0.25) is 17.7 Å². The van der Waals surface area contributed by atoms with Crippen LogP contribution in [0.2, 0.25) is 0 Å². The molecule has 2 aromatic carbocycles. The van der Waals surface area contributed by atoms with E-state index in [9.17, 15) is 14.4 Å². The van der Waals surface area contributed by atoms with Crippen LogP contribution in [0.25, 0.3) is 0 Å². The SMILES string of the molecule is CCOc1ccc(CCNC(=O)[C@H]2CC(=O)N(c3cccc(NC(C)=O)c3)C2)cc1OCC. The van der Waals surface area contributed by atoms with Gasteiger partial charge in [0, 0.05) is 37.8 Å². The van der Waals surface area contributed by atoms with Crippen molar-refractivity contribution in [1.29, 1.82) is 0 Å². The highest BCUT2D eigenvalue weighted by Gasteiger charge is 2.35. The molecule has 2 aromatic rings. The zero-order valence-electron chi connectivity index (χ0n) is 19.3. The summed E-state index contributed by atoms with van der Waals surface area (Å²) < 4.78 is 11.2. The number of carbonyl (C=O) groups is 3. The fraction of sp³-hybridized carbons (Fsp3) is 0.400. The maximum Gasteiger partial charge on any atom is 0.227 e. The molecule has 1 fully saturated rings. The summed E-state index contributed by atoms with van der Waals surface area (Å²) in [6.07, 6.45) is 0.801. The van der Waals surface area contributed by atoms with Gasteiger partial charge in [0.15, 0.2) is 11.5 Å². The van der Waals surface area contributed by atoms with E-state index in [1.165, 1.54) is 6.92 Å². The molecule has 3 amide bonds. The van der Waals surface area contributed by atoms with E-state index in [0.717, 1.165) is 5.56 Å². The van der Waals surface area contributed by atoms with E-state index in [-0.39, 0.29) is 24.1 Å². The van der Waals surface area contributed by atoms with Gasteiger partial charge in [-0.1, -0.05) is 12.1 Å². The molecule has 176 valence electrons. The number of hydrogen-bond donors (Lipinski definition) is 2. The van der Waals surface area contributed by atoms with E-state index in [0.29, 0.717) is 55.6 Å². The van der Waals surface area contributed by atoms with E-state index < -0.39 is 5.92 Å². The average Bonchev–Trinajstić information content (AvgIpc) is 3.17. The third-order valence-corrected chi connectivity index (χ3v) is 5.29. The third kappa shape index (κ3) is 6.47. The molecule has 0 saturated carbocycles. The van der Waals surface area contributed by atoms with Crippen molar-refractivity contribution in [2.75, 3.05) is 36.5 Å². The van der Waals surface area contributed by atoms with Crippen LogP contribution in [-0.2, 0) is 20.8 Å². The summed E-state index contributed by atoms with van der Waals surface area (Å²) in [5.74, 6) is 0.558. The van der Waals surface area contributed by atoms with Crippen molar-refractivity contribution in [3.63, 3.8) is 0 Å². The zero-order valence-corrected chi connectivity index (χ0v) is 19.3. The van der Waals surface area contributed by atoms with Crippen molar-refractivity contribution in [2.45, 2.75) is 33.6 Å². The predicted molar refractivity (Wildman–Crippen MR) is 127 cm³/mol. The first-order valence-electron chi connectivity index (χ1n) is 11.3. The smallest absolute Gasteiger partial charge is 0.227 e. The van der Waals surface area contributed by atoms with Crippen LogP contribution in [0.4, 0.5) is 11.4 Å². The number of benzene rings is 2. The molecule has 33 heavy (non-hydrogen) atoms. The van der Waals surface area contributed by atoms with Crippen LogP contribution in [0.15, 0.2) is 42.5 Å². The number of carbonyl (C=O) groups excluding carboxylic acids is 3. The van der Waals surface area contributed by atoms with Crippen LogP contribution >= 0.6 is 0 Å². The number of rotatable bonds is 10. The van der Waals surface area contributed by atoms with E-state index in [1.807, 2.05) is 32.0 Å². The van der Waals surface area contributed by atoms with Gasteiger partial charge in [0.1, 0.15) is 0 Å². The average molecular weight is 454 g/mol. The van der Waals surface area contributed by atoms with Crippen LogP contribution in [0.1, 0.15) is 32.8 Å². The minimum atomic E-state index is -0.416. The number of amides is 3. The summed E-state index contributed by atoms with van der Waals surface area (Å²) in [4.78, 5) is 38.1. The van der Waals surface area contributed by atoms with Crippen LogP contribution in [-0.4, -0.2) is 44.0 Å². The van der Waals surface area contributed by atoms with Gasteiger partial charge in [-0.25, -0.2) is 0 Å². The number of nitrogens with one attached hydrogen (secondary N) is 2.